The number of unbranched alkanes of at least 4 members (excludes halogenated alkanes) is 1. The molecular weight excluding hydrogens is 298 g/mol. The molecule has 0 saturated heterocycles. The van der Waals surface area contributed by atoms with Crippen LogP contribution in [-0.2, 0) is 14.8 Å². The number of hydrogen-bond acceptors (Lipinski definition) is 3. The predicted octanol–water partition coefficient (Wildman–Crippen LogP) is 2.67. The number of sulfonamides is 1. The first-order valence-corrected chi connectivity index (χ1v) is 8.53. The van der Waals surface area contributed by atoms with Gasteiger partial charge in [-0.3, -0.25) is 0 Å². The lowest BCUT2D eigenvalue weighted by Crippen LogP contribution is -2.37. The summed E-state index contributed by atoms with van der Waals surface area (Å²) in [5.74, 6) is 0. The fraction of sp³-hybridized carbons (Fsp3) is 0.500. The van der Waals surface area contributed by atoms with E-state index in [2.05, 4.69) is 0 Å². The molecule has 0 aliphatic rings. The molecule has 1 aromatic rings. The van der Waals surface area contributed by atoms with Gasteiger partial charge in [0.05, 0.1) is 11.4 Å². The normalized spacial score (nSPS) is 13.3. The third-order valence-corrected chi connectivity index (χ3v) is 5.13. The lowest BCUT2D eigenvalue weighted by atomic mass is 10.2. The minimum absolute atomic E-state index is 0.150. The molecule has 1 atom stereocenters. The zero-order valence-electron chi connectivity index (χ0n) is 11.5. The quantitative estimate of drug-likeness (QED) is 0.520. The fourth-order valence-corrected chi connectivity index (χ4v) is 3.67. The summed E-state index contributed by atoms with van der Waals surface area (Å²) in [7, 11) is -3.67. The lowest BCUT2D eigenvalue weighted by molar-refractivity contribution is -0.108. The second-order valence-electron chi connectivity index (χ2n) is 4.54. The van der Waals surface area contributed by atoms with Crippen molar-refractivity contribution in [2.24, 2.45) is 0 Å². The number of hydrogen-bond donors (Lipinski definition) is 0. The molecule has 1 unspecified atom stereocenters. The molecule has 6 heteroatoms. The van der Waals surface area contributed by atoms with Gasteiger partial charge in [-0.2, -0.15) is 4.31 Å². The van der Waals surface area contributed by atoms with E-state index in [1.54, 1.807) is 18.2 Å². The highest BCUT2D eigenvalue weighted by atomic mass is 35.5. The van der Waals surface area contributed by atoms with Crippen LogP contribution in [0.2, 0.25) is 0 Å². The van der Waals surface area contributed by atoms with E-state index in [0.29, 0.717) is 6.29 Å². The van der Waals surface area contributed by atoms with Crippen molar-refractivity contribution in [3.8, 4) is 0 Å². The van der Waals surface area contributed by atoms with E-state index in [1.807, 2.05) is 6.92 Å². The van der Waals surface area contributed by atoms with Crippen molar-refractivity contribution >= 4 is 27.9 Å². The van der Waals surface area contributed by atoms with Gasteiger partial charge in [-0.15, -0.1) is 11.6 Å². The van der Waals surface area contributed by atoms with Gasteiger partial charge >= 0.3 is 0 Å². The number of rotatable bonds is 9. The van der Waals surface area contributed by atoms with Gasteiger partial charge < -0.3 is 4.79 Å². The molecule has 0 bridgehead atoms. The maximum absolute atomic E-state index is 12.4. The Hall–Kier alpha value is -0.910. The molecule has 4 nitrogen and oxygen atoms in total. The minimum atomic E-state index is -3.67. The Bertz CT molecular complexity index is 504. The second-order valence-corrected chi connectivity index (χ2v) is 7.10. The molecule has 0 aliphatic heterocycles. The third kappa shape index (κ3) is 4.89. The van der Waals surface area contributed by atoms with E-state index in [4.69, 9.17) is 11.6 Å². The smallest absolute Gasteiger partial charge is 0.243 e. The van der Waals surface area contributed by atoms with Gasteiger partial charge in [0.15, 0.2) is 0 Å². The Morgan fingerprint density at radius 1 is 1.30 bits per heavy atom. The molecular formula is C14H20ClNO3S. The first kappa shape index (κ1) is 17.1. The summed E-state index contributed by atoms with van der Waals surface area (Å²) in [5.41, 5.74) is 0. The fourth-order valence-electron chi connectivity index (χ4n) is 1.83. The molecule has 0 aromatic heterocycles. The van der Waals surface area contributed by atoms with Crippen molar-refractivity contribution in [2.75, 3.05) is 13.1 Å². The minimum Gasteiger partial charge on any atom is -0.302 e. The van der Waals surface area contributed by atoms with Gasteiger partial charge in [-0.25, -0.2) is 8.42 Å². The molecule has 0 spiro atoms. The predicted molar refractivity (Wildman–Crippen MR) is 80.4 cm³/mol. The molecule has 1 aromatic carbocycles. The summed E-state index contributed by atoms with van der Waals surface area (Å²) in [6, 6.07) is 8.09. The van der Waals surface area contributed by atoms with Crippen LogP contribution in [0.15, 0.2) is 35.2 Å². The average Bonchev–Trinajstić information content (AvgIpc) is 2.45. The molecule has 20 heavy (non-hydrogen) atoms. The SMILES string of the molecule is CCCCC(Cl)CN(CC=O)S(=O)(=O)c1ccccc1. The molecule has 0 aliphatic carbocycles. The Labute approximate surface area is 125 Å². The van der Waals surface area contributed by atoms with Gasteiger partial charge in [-0.05, 0) is 18.6 Å². The Balaban J connectivity index is 2.87. The van der Waals surface area contributed by atoms with Crippen LogP contribution in [-0.4, -0.2) is 37.5 Å². The van der Waals surface area contributed by atoms with Crippen LogP contribution in [0, 0.1) is 0 Å². The first-order chi connectivity index (χ1) is 9.52. The Morgan fingerprint density at radius 3 is 2.50 bits per heavy atom. The molecule has 0 radical (unpaired) electrons. The highest BCUT2D eigenvalue weighted by Gasteiger charge is 2.25. The summed E-state index contributed by atoms with van der Waals surface area (Å²) >= 11 is 6.16. The van der Waals surface area contributed by atoms with Crippen LogP contribution in [0.1, 0.15) is 26.2 Å². The van der Waals surface area contributed by atoms with E-state index in [0.717, 1.165) is 23.6 Å². The summed E-state index contributed by atoms with van der Waals surface area (Å²) < 4.78 is 26.0. The number of nitrogens with zero attached hydrogens (tertiary/aromatic N) is 1. The zero-order valence-corrected chi connectivity index (χ0v) is 13.1. The standard InChI is InChI=1S/C14H20ClNO3S/c1-2-3-7-13(15)12-16(10-11-17)20(18,19)14-8-5-4-6-9-14/h4-6,8-9,11,13H,2-3,7,10,12H2,1H3. The van der Waals surface area contributed by atoms with E-state index in [1.165, 1.54) is 12.1 Å². The molecule has 0 amide bonds. The highest BCUT2D eigenvalue weighted by molar-refractivity contribution is 7.89. The molecule has 0 saturated carbocycles. The van der Waals surface area contributed by atoms with Crippen molar-refractivity contribution in [3.05, 3.63) is 30.3 Å². The average molecular weight is 318 g/mol. The Kier molecular flexibility index (Phi) is 7.19. The number of benzene rings is 1. The van der Waals surface area contributed by atoms with Gasteiger partial charge in [0.2, 0.25) is 10.0 Å². The van der Waals surface area contributed by atoms with Crippen molar-refractivity contribution < 1.29 is 13.2 Å². The Morgan fingerprint density at radius 2 is 1.95 bits per heavy atom. The summed E-state index contributed by atoms with van der Waals surface area (Å²) in [6.07, 6.45) is 3.26. The summed E-state index contributed by atoms with van der Waals surface area (Å²) in [5, 5.41) is -0.284. The number of carbonyl (C=O) groups is 1. The summed E-state index contributed by atoms with van der Waals surface area (Å²) in [6.45, 7) is 2.03. The van der Waals surface area contributed by atoms with Crippen molar-refractivity contribution in [2.45, 2.75) is 36.5 Å². The van der Waals surface area contributed by atoms with Crippen LogP contribution in [0.5, 0.6) is 0 Å². The van der Waals surface area contributed by atoms with E-state index >= 15 is 0 Å². The van der Waals surface area contributed by atoms with Crippen LogP contribution in [0.3, 0.4) is 0 Å². The molecule has 1 rings (SSSR count). The van der Waals surface area contributed by atoms with Gasteiger partial charge in [0, 0.05) is 11.9 Å². The monoisotopic (exact) mass is 317 g/mol. The number of alkyl halides is 1. The number of halogens is 1. The van der Waals surface area contributed by atoms with Crippen LogP contribution >= 0.6 is 11.6 Å². The van der Waals surface area contributed by atoms with E-state index in [9.17, 15) is 13.2 Å². The number of carbonyl (C=O) groups excluding carboxylic acids is 1. The third-order valence-electron chi connectivity index (χ3n) is 2.93. The molecule has 0 heterocycles. The van der Waals surface area contributed by atoms with Gasteiger partial charge in [0.25, 0.3) is 0 Å². The van der Waals surface area contributed by atoms with E-state index < -0.39 is 10.0 Å². The van der Waals surface area contributed by atoms with Crippen molar-refractivity contribution in [1.29, 1.82) is 0 Å². The maximum atomic E-state index is 12.4. The maximum Gasteiger partial charge on any atom is 0.243 e. The topological polar surface area (TPSA) is 54.5 Å². The van der Waals surface area contributed by atoms with E-state index in [-0.39, 0.29) is 23.4 Å². The molecule has 112 valence electrons. The van der Waals surface area contributed by atoms with Crippen molar-refractivity contribution in [1.82, 2.24) is 4.31 Å². The molecule has 0 N–H and O–H groups in total. The van der Waals surface area contributed by atoms with Crippen molar-refractivity contribution in [3.63, 3.8) is 0 Å². The van der Waals surface area contributed by atoms with Crippen LogP contribution in [0.25, 0.3) is 0 Å². The summed E-state index contributed by atoms with van der Waals surface area (Å²) in [4.78, 5) is 10.9. The van der Waals surface area contributed by atoms with Crippen LogP contribution < -0.4 is 0 Å². The van der Waals surface area contributed by atoms with Gasteiger partial charge in [0.1, 0.15) is 6.29 Å². The number of aldehydes is 1. The second kappa shape index (κ2) is 8.39. The van der Waals surface area contributed by atoms with Crippen LogP contribution in [0.4, 0.5) is 0 Å². The zero-order chi connectivity index (χ0) is 15.0. The first-order valence-electron chi connectivity index (χ1n) is 6.65. The highest BCUT2D eigenvalue weighted by Crippen LogP contribution is 2.18. The van der Waals surface area contributed by atoms with Gasteiger partial charge in [-0.1, -0.05) is 38.0 Å². The lowest BCUT2D eigenvalue weighted by Gasteiger charge is -2.22. The molecule has 0 fully saturated rings. The largest absolute Gasteiger partial charge is 0.302 e.